The number of nitrogens with one attached hydrogen (secondary N) is 1. The number of benzene rings is 2. The predicted octanol–water partition coefficient (Wildman–Crippen LogP) is 5.95. The highest BCUT2D eigenvalue weighted by molar-refractivity contribution is 5.89. The SMILES string of the molecule is COC(=O)c1ccc(Nc2nc3ccccc3n2[C@@H]2CC(C)CC(C)(C)C2)cc1. The van der Waals surface area contributed by atoms with Crippen LogP contribution in [0, 0.1) is 11.3 Å². The summed E-state index contributed by atoms with van der Waals surface area (Å²) in [5.41, 5.74) is 3.91. The van der Waals surface area contributed by atoms with Crippen LogP contribution < -0.4 is 5.32 Å². The zero-order chi connectivity index (χ0) is 20.6. The molecule has 5 nitrogen and oxygen atoms in total. The summed E-state index contributed by atoms with van der Waals surface area (Å²) in [6.07, 6.45) is 3.54. The predicted molar refractivity (Wildman–Crippen MR) is 117 cm³/mol. The third kappa shape index (κ3) is 4.00. The highest BCUT2D eigenvalue weighted by Crippen LogP contribution is 2.46. The van der Waals surface area contributed by atoms with Crippen LogP contribution in [-0.2, 0) is 4.74 Å². The van der Waals surface area contributed by atoms with E-state index < -0.39 is 0 Å². The molecule has 4 rings (SSSR count). The number of imidazole rings is 1. The van der Waals surface area contributed by atoms with Gasteiger partial charge in [0.25, 0.3) is 0 Å². The van der Waals surface area contributed by atoms with Gasteiger partial charge < -0.3 is 14.6 Å². The first kappa shape index (κ1) is 19.5. The monoisotopic (exact) mass is 391 g/mol. The molecule has 3 aromatic rings. The molecule has 0 spiro atoms. The quantitative estimate of drug-likeness (QED) is 0.558. The highest BCUT2D eigenvalue weighted by Gasteiger charge is 2.34. The molecule has 0 saturated heterocycles. The smallest absolute Gasteiger partial charge is 0.337 e. The molecule has 0 amide bonds. The number of esters is 1. The molecule has 2 atom stereocenters. The number of hydrogen-bond donors (Lipinski definition) is 1. The number of methoxy groups -OCH3 is 1. The molecule has 1 heterocycles. The fraction of sp³-hybridized carbons (Fsp3) is 0.417. The normalized spacial score (nSPS) is 21.1. The van der Waals surface area contributed by atoms with Crippen molar-refractivity contribution in [1.82, 2.24) is 9.55 Å². The van der Waals surface area contributed by atoms with E-state index in [0.29, 0.717) is 22.9 Å². The highest BCUT2D eigenvalue weighted by atomic mass is 16.5. The van der Waals surface area contributed by atoms with Crippen molar-refractivity contribution in [3.8, 4) is 0 Å². The molecule has 1 fully saturated rings. The van der Waals surface area contributed by atoms with Crippen molar-refractivity contribution in [3.05, 3.63) is 54.1 Å². The third-order valence-corrected chi connectivity index (χ3v) is 5.89. The van der Waals surface area contributed by atoms with Gasteiger partial charge in [-0.2, -0.15) is 0 Å². The second-order valence-corrected chi connectivity index (χ2v) is 9.06. The maximum atomic E-state index is 11.7. The summed E-state index contributed by atoms with van der Waals surface area (Å²) in [6.45, 7) is 7.09. The summed E-state index contributed by atoms with van der Waals surface area (Å²) >= 11 is 0. The van der Waals surface area contributed by atoms with Crippen molar-refractivity contribution >= 4 is 28.6 Å². The van der Waals surface area contributed by atoms with Crippen LogP contribution in [0.2, 0.25) is 0 Å². The average Bonchev–Trinajstić information content (AvgIpc) is 3.04. The lowest BCUT2D eigenvalue weighted by atomic mass is 9.70. The minimum atomic E-state index is -0.331. The van der Waals surface area contributed by atoms with E-state index in [1.807, 2.05) is 18.2 Å². The fourth-order valence-electron chi connectivity index (χ4n) is 4.93. The maximum absolute atomic E-state index is 11.7. The first-order chi connectivity index (χ1) is 13.9. The van der Waals surface area contributed by atoms with Crippen LogP contribution in [0.25, 0.3) is 11.0 Å². The topological polar surface area (TPSA) is 56.1 Å². The van der Waals surface area contributed by atoms with E-state index in [9.17, 15) is 4.79 Å². The van der Waals surface area contributed by atoms with Gasteiger partial charge in [-0.15, -0.1) is 0 Å². The second-order valence-electron chi connectivity index (χ2n) is 9.06. The van der Waals surface area contributed by atoms with Gasteiger partial charge in [-0.25, -0.2) is 9.78 Å². The van der Waals surface area contributed by atoms with Crippen LogP contribution in [0.15, 0.2) is 48.5 Å². The molecule has 0 radical (unpaired) electrons. The summed E-state index contributed by atoms with van der Waals surface area (Å²) < 4.78 is 7.16. The lowest BCUT2D eigenvalue weighted by Gasteiger charge is -2.40. The van der Waals surface area contributed by atoms with Crippen LogP contribution >= 0.6 is 0 Å². The lowest BCUT2D eigenvalue weighted by Crippen LogP contribution is -2.29. The molecule has 0 aliphatic heterocycles. The number of hydrogen-bond acceptors (Lipinski definition) is 4. The van der Waals surface area contributed by atoms with Gasteiger partial charge in [-0.1, -0.05) is 32.9 Å². The second kappa shape index (κ2) is 7.54. The van der Waals surface area contributed by atoms with Gasteiger partial charge in [-0.3, -0.25) is 0 Å². The number of carbonyl (C=O) groups is 1. The fourth-order valence-corrected chi connectivity index (χ4v) is 4.93. The molecule has 2 aromatic carbocycles. The van der Waals surface area contributed by atoms with E-state index in [-0.39, 0.29) is 5.97 Å². The molecule has 5 heteroatoms. The van der Waals surface area contributed by atoms with Crippen molar-refractivity contribution in [2.45, 2.75) is 46.1 Å². The van der Waals surface area contributed by atoms with Crippen LogP contribution in [0.3, 0.4) is 0 Å². The Labute approximate surface area is 172 Å². The maximum Gasteiger partial charge on any atom is 0.337 e. The molecule has 1 aliphatic rings. The summed E-state index contributed by atoms with van der Waals surface area (Å²) in [6, 6.07) is 16.1. The Morgan fingerprint density at radius 3 is 2.55 bits per heavy atom. The van der Waals surface area contributed by atoms with Gasteiger partial charge in [0, 0.05) is 11.7 Å². The molecule has 1 N–H and O–H groups in total. The van der Waals surface area contributed by atoms with E-state index >= 15 is 0 Å². The first-order valence-corrected chi connectivity index (χ1v) is 10.3. The molecular formula is C24H29N3O2. The summed E-state index contributed by atoms with van der Waals surface area (Å²) in [5.74, 6) is 1.20. The Hall–Kier alpha value is -2.82. The van der Waals surface area contributed by atoms with E-state index in [4.69, 9.17) is 9.72 Å². The number of carbonyl (C=O) groups excluding carboxylic acids is 1. The Morgan fingerprint density at radius 1 is 1.14 bits per heavy atom. The summed E-state index contributed by atoms with van der Waals surface area (Å²) in [5, 5.41) is 3.49. The molecular weight excluding hydrogens is 362 g/mol. The van der Waals surface area contributed by atoms with Crippen LogP contribution in [-0.4, -0.2) is 22.6 Å². The third-order valence-electron chi connectivity index (χ3n) is 5.89. The zero-order valence-electron chi connectivity index (χ0n) is 17.6. The summed E-state index contributed by atoms with van der Waals surface area (Å²) in [4.78, 5) is 16.6. The number of para-hydroxylation sites is 2. The number of rotatable bonds is 4. The van der Waals surface area contributed by atoms with Crippen molar-refractivity contribution in [3.63, 3.8) is 0 Å². The number of anilines is 2. The molecule has 1 aliphatic carbocycles. The van der Waals surface area contributed by atoms with E-state index in [2.05, 4.69) is 48.9 Å². The number of fused-ring (bicyclic) bond motifs is 1. The van der Waals surface area contributed by atoms with E-state index in [0.717, 1.165) is 35.5 Å². The number of aromatic nitrogens is 2. The molecule has 0 bridgehead atoms. The van der Waals surface area contributed by atoms with Gasteiger partial charge in [-0.05, 0) is 67.0 Å². The van der Waals surface area contributed by atoms with E-state index in [1.54, 1.807) is 12.1 Å². The molecule has 1 aromatic heterocycles. The number of nitrogens with zero attached hydrogens (tertiary/aromatic N) is 2. The minimum Gasteiger partial charge on any atom is -0.465 e. The van der Waals surface area contributed by atoms with Crippen molar-refractivity contribution in [2.24, 2.45) is 11.3 Å². The van der Waals surface area contributed by atoms with Gasteiger partial charge in [0.15, 0.2) is 0 Å². The van der Waals surface area contributed by atoms with Gasteiger partial charge in [0.1, 0.15) is 0 Å². The van der Waals surface area contributed by atoms with Crippen LogP contribution in [0.4, 0.5) is 11.6 Å². The zero-order valence-corrected chi connectivity index (χ0v) is 17.6. The van der Waals surface area contributed by atoms with Gasteiger partial charge in [0.05, 0.1) is 23.7 Å². The standard InChI is InChI=1S/C24H29N3O2/c1-16-13-19(15-24(2,3)14-16)27-21-8-6-5-7-20(21)26-23(27)25-18-11-9-17(10-12-18)22(28)29-4/h5-12,16,19H,13-15H2,1-4H3,(H,25,26)/t16?,19-/m1/s1. The minimum absolute atomic E-state index is 0.313. The summed E-state index contributed by atoms with van der Waals surface area (Å²) in [7, 11) is 1.39. The average molecular weight is 392 g/mol. The van der Waals surface area contributed by atoms with Gasteiger partial charge >= 0.3 is 5.97 Å². The molecule has 1 saturated carbocycles. The Morgan fingerprint density at radius 2 is 1.86 bits per heavy atom. The molecule has 1 unspecified atom stereocenters. The Balaban J connectivity index is 1.71. The van der Waals surface area contributed by atoms with Crippen LogP contribution in [0.1, 0.15) is 56.4 Å². The van der Waals surface area contributed by atoms with E-state index in [1.165, 1.54) is 13.5 Å². The van der Waals surface area contributed by atoms with Crippen molar-refractivity contribution in [2.75, 3.05) is 12.4 Å². The van der Waals surface area contributed by atoms with Gasteiger partial charge in [0.2, 0.25) is 5.95 Å². The largest absolute Gasteiger partial charge is 0.465 e. The molecule has 152 valence electrons. The van der Waals surface area contributed by atoms with Crippen molar-refractivity contribution in [1.29, 1.82) is 0 Å². The molecule has 29 heavy (non-hydrogen) atoms. The van der Waals surface area contributed by atoms with Crippen molar-refractivity contribution < 1.29 is 9.53 Å². The lowest BCUT2D eigenvalue weighted by molar-refractivity contribution is 0.0600. The Bertz CT molecular complexity index is 1020. The first-order valence-electron chi connectivity index (χ1n) is 10.3. The number of ether oxygens (including phenoxy) is 1. The Kier molecular flexibility index (Phi) is 5.07. The van der Waals surface area contributed by atoms with Crippen LogP contribution in [0.5, 0.6) is 0 Å².